The first kappa shape index (κ1) is 16.1. The van der Waals surface area contributed by atoms with E-state index in [0.717, 1.165) is 20.1 Å². The van der Waals surface area contributed by atoms with Crippen molar-refractivity contribution in [3.8, 4) is 5.75 Å². The zero-order valence-electron chi connectivity index (χ0n) is 12.5. The van der Waals surface area contributed by atoms with E-state index in [0.29, 0.717) is 12.5 Å². The van der Waals surface area contributed by atoms with Gasteiger partial charge in [-0.25, -0.2) is 0 Å². The van der Waals surface area contributed by atoms with Gasteiger partial charge in [0.25, 0.3) is 0 Å². The van der Waals surface area contributed by atoms with E-state index < -0.39 is 0 Å². The summed E-state index contributed by atoms with van der Waals surface area (Å²) in [5.74, 6) is 1.51. The summed E-state index contributed by atoms with van der Waals surface area (Å²) in [6.45, 7) is 0.472. The molecule has 0 atom stereocenters. The Morgan fingerprint density at radius 2 is 2.09 bits per heavy atom. The highest BCUT2D eigenvalue weighted by atomic mass is 35.5. The number of hydrogen-bond acceptors (Lipinski definition) is 5. The Morgan fingerprint density at radius 3 is 2.82 bits per heavy atom. The lowest BCUT2D eigenvalue weighted by Gasteiger charge is -2.24. The summed E-state index contributed by atoms with van der Waals surface area (Å²) < 4.78 is 7.00. The Balaban J connectivity index is 1.74. The summed E-state index contributed by atoms with van der Waals surface area (Å²) in [6.07, 6.45) is 8.40. The van der Waals surface area contributed by atoms with Crippen LogP contribution in [0, 0.1) is 0 Å². The maximum atomic E-state index is 6.20. The molecule has 0 saturated heterocycles. The quantitative estimate of drug-likeness (QED) is 0.660. The summed E-state index contributed by atoms with van der Waals surface area (Å²) in [7, 11) is 0. The van der Waals surface area contributed by atoms with Crippen molar-refractivity contribution in [2.45, 2.75) is 49.0 Å². The van der Waals surface area contributed by atoms with Crippen LogP contribution in [0.25, 0.3) is 0 Å². The second-order valence-electron chi connectivity index (χ2n) is 5.47. The molecule has 3 nitrogen and oxygen atoms in total. The van der Waals surface area contributed by atoms with Crippen LogP contribution in [-0.2, 0) is 6.61 Å². The standard InChI is InChI=1S/C16H19ClN2OS2/c1-21-16-19-18-15(22-16)10-20-14-8-7-12(17)9-13(14)11-5-3-2-4-6-11/h7-9,11H,2-6,10H2,1H3. The molecule has 1 aromatic heterocycles. The second kappa shape index (κ2) is 7.66. The van der Waals surface area contributed by atoms with Gasteiger partial charge in [0.15, 0.2) is 9.35 Å². The highest BCUT2D eigenvalue weighted by molar-refractivity contribution is 8.00. The Morgan fingerprint density at radius 1 is 1.27 bits per heavy atom. The van der Waals surface area contributed by atoms with Crippen LogP contribution in [-0.4, -0.2) is 16.5 Å². The van der Waals surface area contributed by atoms with Gasteiger partial charge in [0, 0.05) is 5.02 Å². The van der Waals surface area contributed by atoms with Crippen LogP contribution in [0.4, 0.5) is 0 Å². The summed E-state index contributed by atoms with van der Waals surface area (Å²) in [5.41, 5.74) is 1.25. The molecule has 6 heteroatoms. The van der Waals surface area contributed by atoms with Crippen molar-refractivity contribution in [3.05, 3.63) is 33.8 Å². The third kappa shape index (κ3) is 3.94. The molecule has 1 fully saturated rings. The number of nitrogens with zero attached hydrogens (tertiary/aromatic N) is 2. The lowest BCUT2D eigenvalue weighted by atomic mass is 9.84. The fourth-order valence-corrected chi connectivity index (χ4v) is 4.31. The van der Waals surface area contributed by atoms with Gasteiger partial charge in [-0.15, -0.1) is 10.2 Å². The molecule has 1 saturated carbocycles. The van der Waals surface area contributed by atoms with E-state index in [1.54, 1.807) is 23.1 Å². The minimum absolute atomic E-state index is 0.472. The first-order valence-corrected chi connectivity index (χ1v) is 9.97. The molecule has 1 aliphatic carbocycles. The molecule has 0 spiro atoms. The van der Waals surface area contributed by atoms with Gasteiger partial charge in [0.2, 0.25) is 0 Å². The van der Waals surface area contributed by atoms with Gasteiger partial charge in [-0.1, -0.05) is 54.0 Å². The normalized spacial score (nSPS) is 15.9. The molecule has 0 aliphatic heterocycles. The Hall–Kier alpha value is -0.780. The lowest BCUT2D eigenvalue weighted by Crippen LogP contribution is -2.07. The number of hydrogen-bond donors (Lipinski definition) is 0. The van der Waals surface area contributed by atoms with E-state index in [-0.39, 0.29) is 0 Å². The largest absolute Gasteiger partial charge is 0.486 e. The first-order valence-electron chi connectivity index (χ1n) is 7.55. The van der Waals surface area contributed by atoms with Crippen LogP contribution in [0.2, 0.25) is 5.02 Å². The molecular weight excluding hydrogens is 336 g/mol. The summed E-state index contributed by atoms with van der Waals surface area (Å²) in [4.78, 5) is 0. The first-order chi connectivity index (χ1) is 10.8. The van der Waals surface area contributed by atoms with Crippen molar-refractivity contribution in [1.29, 1.82) is 0 Å². The Bertz CT molecular complexity index is 626. The van der Waals surface area contributed by atoms with E-state index in [9.17, 15) is 0 Å². The molecule has 1 aliphatic rings. The maximum Gasteiger partial charge on any atom is 0.174 e. The van der Waals surface area contributed by atoms with Gasteiger partial charge in [-0.05, 0) is 48.8 Å². The second-order valence-corrected chi connectivity index (χ2v) is 8.02. The SMILES string of the molecule is CSc1nnc(COc2ccc(Cl)cc2C2CCCCC2)s1. The molecular formula is C16H19ClN2OS2. The van der Waals surface area contributed by atoms with Crippen molar-refractivity contribution < 1.29 is 4.74 Å². The van der Waals surface area contributed by atoms with Crippen LogP contribution in [0.15, 0.2) is 22.5 Å². The maximum absolute atomic E-state index is 6.20. The minimum Gasteiger partial charge on any atom is -0.486 e. The molecule has 22 heavy (non-hydrogen) atoms. The predicted molar refractivity (Wildman–Crippen MR) is 93.3 cm³/mol. The van der Waals surface area contributed by atoms with E-state index in [1.165, 1.54) is 37.7 Å². The highest BCUT2D eigenvalue weighted by Gasteiger charge is 2.20. The van der Waals surface area contributed by atoms with Crippen LogP contribution in [0.5, 0.6) is 5.75 Å². The van der Waals surface area contributed by atoms with Crippen LogP contribution in [0.1, 0.15) is 48.6 Å². The van der Waals surface area contributed by atoms with Crippen molar-refractivity contribution in [2.24, 2.45) is 0 Å². The lowest BCUT2D eigenvalue weighted by molar-refractivity contribution is 0.295. The fraction of sp³-hybridized carbons (Fsp3) is 0.500. The van der Waals surface area contributed by atoms with Gasteiger partial charge in [0.05, 0.1) is 0 Å². The molecule has 0 N–H and O–H groups in total. The van der Waals surface area contributed by atoms with E-state index >= 15 is 0 Å². The number of halogens is 1. The van der Waals surface area contributed by atoms with Crippen LogP contribution in [0.3, 0.4) is 0 Å². The van der Waals surface area contributed by atoms with Crippen molar-refractivity contribution in [3.63, 3.8) is 0 Å². The van der Waals surface area contributed by atoms with Crippen molar-refractivity contribution >= 4 is 34.7 Å². The zero-order valence-corrected chi connectivity index (χ0v) is 14.9. The molecule has 1 aromatic carbocycles. The third-order valence-electron chi connectivity index (χ3n) is 3.99. The average Bonchev–Trinajstić information content (AvgIpc) is 3.02. The van der Waals surface area contributed by atoms with E-state index in [4.69, 9.17) is 16.3 Å². The van der Waals surface area contributed by atoms with Gasteiger partial charge >= 0.3 is 0 Å². The van der Waals surface area contributed by atoms with Gasteiger partial charge in [-0.2, -0.15) is 0 Å². The number of ether oxygens (including phenoxy) is 1. The number of thioether (sulfide) groups is 1. The predicted octanol–water partition coefficient (Wildman–Crippen LogP) is 5.54. The molecule has 0 bridgehead atoms. The van der Waals surface area contributed by atoms with Crippen molar-refractivity contribution in [1.82, 2.24) is 10.2 Å². The zero-order chi connectivity index (χ0) is 15.4. The summed E-state index contributed by atoms with van der Waals surface area (Å²) >= 11 is 9.39. The van der Waals surface area contributed by atoms with Gasteiger partial charge in [0.1, 0.15) is 12.4 Å². The van der Waals surface area contributed by atoms with E-state index in [1.807, 2.05) is 18.4 Å². The monoisotopic (exact) mass is 354 g/mol. The Labute approximate surface area is 144 Å². The third-order valence-corrected chi connectivity index (χ3v) is 6.10. The topological polar surface area (TPSA) is 35.0 Å². The van der Waals surface area contributed by atoms with Gasteiger partial charge in [-0.3, -0.25) is 0 Å². The fourth-order valence-electron chi connectivity index (χ4n) is 2.90. The minimum atomic E-state index is 0.472. The molecule has 3 rings (SSSR count). The number of aromatic nitrogens is 2. The van der Waals surface area contributed by atoms with E-state index in [2.05, 4.69) is 16.3 Å². The molecule has 2 aromatic rings. The molecule has 118 valence electrons. The molecule has 1 heterocycles. The molecule has 0 radical (unpaired) electrons. The number of benzene rings is 1. The average molecular weight is 355 g/mol. The van der Waals surface area contributed by atoms with Gasteiger partial charge < -0.3 is 4.74 Å². The van der Waals surface area contributed by atoms with Crippen molar-refractivity contribution in [2.75, 3.05) is 6.26 Å². The summed E-state index contributed by atoms with van der Waals surface area (Å²) in [6, 6.07) is 5.96. The highest BCUT2D eigenvalue weighted by Crippen LogP contribution is 2.39. The Kier molecular flexibility index (Phi) is 5.61. The molecule has 0 amide bonds. The smallest absolute Gasteiger partial charge is 0.174 e. The summed E-state index contributed by atoms with van der Waals surface area (Å²) in [5, 5.41) is 9.96. The number of rotatable bonds is 5. The van der Waals surface area contributed by atoms with Crippen LogP contribution < -0.4 is 4.74 Å². The molecule has 0 unspecified atom stereocenters. The van der Waals surface area contributed by atoms with Crippen LogP contribution >= 0.6 is 34.7 Å².